The van der Waals surface area contributed by atoms with E-state index in [1.807, 2.05) is 6.07 Å². The zero-order valence-electron chi connectivity index (χ0n) is 20.3. The van der Waals surface area contributed by atoms with E-state index in [-0.39, 0.29) is 18.8 Å². The number of rotatable bonds is 9. The van der Waals surface area contributed by atoms with Crippen molar-refractivity contribution in [1.29, 1.82) is 0 Å². The second-order valence-electron chi connectivity index (χ2n) is 8.42. The first-order chi connectivity index (χ1) is 15.6. The molecule has 0 unspecified atom stereocenters. The first kappa shape index (κ1) is 26.8. The molecule has 1 fully saturated rings. The Hall–Kier alpha value is -2.43. The Balaban J connectivity index is 2.41. The van der Waals surface area contributed by atoms with Crippen molar-refractivity contribution in [2.75, 3.05) is 51.5 Å². The van der Waals surface area contributed by atoms with Gasteiger partial charge >= 0.3 is 17.9 Å². The molecule has 0 aromatic carbocycles. The number of carbonyl (C=O) groups is 3. The highest BCUT2D eigenvalue weighted by Crippen LogP contribution is 2.34. The number of esters is 3. The highest BCUT2D eigenvalue weighted by molar-refractivity contribution is 7.16. The van der Waals surface area contributed by atoms with Gasteiger partial charge in [0.15, 0.2) is 5.57 Å². The zero-order valence-corrected chi connectivity index (χ0v) is 21.1. The Morgan fingerprint density at radius 3 is 2.21 bits per heavy atom. The van der Waals surface area contributed by atoms with E-state index >= 15 is 0 Å². The number of hydrogen-bond acceptors (Lipinski definition) is 10. The highest BCUT2D eigenvalue weighted by atomic mass is 32.1. The third-order valence-electron chi connectivity index (χ3n) is 4.50. The number of carbonyl (C=O) groups excluding carboxylic acids is 3. The lowest BCUT2D eigenvalue weighted by Crippen LogP contribution is -2.35. The van der Waals surface area contributed by atoms with Crippen LogP contribution in [-0.4, -0.2) is 75.0 Å². The molecular formula is C23H34N2O7S. The van der Waals surface area contributed by atoms with E-state index in [4.69, 9.17) is 18.9 Å². The largest absolute Gasteiger partial charge is 0.462 e. The van der Waals surface area contributed by atoms with E-state index in [9.17, 15) is 14.4 Å². The van der Waals surface area contributed by atoms with Crippen molar-refractivity contribution in [3.8, 4) is 0 Å². The lowest BCUT2D eigenvalue weighted by Gasteiger charge is -2.25. The van der Waals surface area contributed by atoms with Gasteiger partial charge in [0.05, 0.1) is 32.0 Å². The maximum absolute atomic E-state index is 13.0. The first-order valence-electron chi connectivity index (χ1n) is 11.0. The topological polar surface area (TPSA) is 94.6 Å². The molecule has 1 aliphatic rings. The molecule has 0 N–H and O–H groups in total. The number of nitrogens with zero attached hydrogens (tertiary/aromatic N) is 2. The lowest BCUT2D eigenvalue weighted by atomic mass is 10.2. The van der Waals surface area contributed by atoms with Crippen molar-refractivity contribution in [1.82, 2.24) is 4.90 Å². The van der Waals surface area contributed by atoms with Crippen LogP contribution in [0.3, 0.4) is 0 Å². The fourth-order valence-corrected chi connectivity index (χ4v) is 4.21. The van der Waals surface area contributed by atoms with Crippen LogP contribution in [0.2, 0.25) is 0 Å². The van der Waals surface area contributed by atoms with Crippen molar-refractivity contribution in [3.63, 3.8) is 0 Å². The van der Waals surface area contributed by atoms with Gasteiger partial charge in [-0.3, -0.25) is 4.90 Å². The summed E-state index contributed by atoms with van der Waals surface area (Å²) in [5.41, 5.74) is -0.556. The summed E-state index contributed by atoms with van der Waals surface area (Å²) >= 11 is 1.40. The average Bonchev–Trinajstić information content (AvgIpc) is 3.15. The van der Waals surface area contributed by atoms with E-state index in [2.05, 4.69) is 4.90 Å². The van der Waals surface area contributed by atoms with Gasteiger partial charge in [0.25, 0.3) is 0 Å². The molecule has 0 amide bonds. The van der Waals surface area contributed by atoms with Crippen molar-refractivity contribution < 1.29 is 33.3 Å². The standard InChI is InChI=1S/C23H34N2O7S/c1-7-30-20(26)18(21(27)31-8-2)15-24(6)19-17(22(28)32-23(3,4)5)13-16(33-19)14-25-9-11-29-12-10-25/h13,15H,7-12,14H2,1-6H3. The lowest BCUT2D eigenvalue weighted by molar-refractivity contribution is -0.146. The Bertz CT molecular complexity index is 847. The van der Waals surface area contributed by atoms with Crippen molar-refractivity contribution in [2.45, 2.75) is 46.8 Å². The molecular weight excluding hydrogens is 448 g/mol. The minimum atomic E-state index is -0.785. The summed E-state index contributed by atoms with van der Waals surface area (Å²) in [7, 11) is 1.66. The van der Waals surface area contributed by atoms with E-state index in [1.165, 1.54) is 17.5 Å². The quantitative estimate of drug-likeness (QED) is 0.173. The van der Waals surface area contributed by atoms with Crippen LogP contribution < -0.4 is 4.90 Å². The van der Waals surface area contributed by atoms with Crippen molar-refractivity contribution >= 4 is 34.2 Å². The molecule has 0 aliphatic carbocycles. The molecule has 0 atom stereocenters. The molecule has 0 radical (unpaired) electrons. The van der Waals surface area contributed by atoms with E-state index in [0.29, 0.717) is 30.3 Å². The molecule has 0 spiro atoms. The number of thiophene rings is 1. The van der Waals surface area contributed by atoms with Crippen LogP contribution in [0, 0.1) is 0 Å². The minimum Gasteiger partial charge on any atom is -0.462 e. The summed E-state index contributed by atoms with van der Waals surface area (Å²) in [6, 6.07) is 1.81. The van der Waals surface area contributed by atoms with Crippen LogP contribution in [-0.2, 0) is 35.1 Å². The van der Waals surface area contributed by atoms with Crippen LogP contribution >= 0.6 is 11.3 Å². The molecule has 0 saturated carbocycles. The molecule has 33 heavy (non-hydrogen) atoms. The van der Waals surface area contributed by atoms with Crippen molar-refractivity contribution in [2.24, 2.45) is 0 Å². The molecule has 2 rings (SSSR count). The Labute approximate surface area is 199 Å². The molecule has 1 aliphatic heterocycles. The minimum absolute atomic E-state index is 0.116. The molecule has 1 saturated heterocycles. The fraction of sp³-hybridized carbons (Fsp3) is 0.609. The smallest absolute Gasteiger partial charge is 0.347 e. The number of morpholine rings is 1. The van der Waals surface area contributed by atoms with E-state index in [0.717, 1.165) is 18.0 Å². The molecule has 0 bridgehead atoms. The van der Waals surface area contributed by atoms with Crippen molar-refractivity contribution in [3.05, 3.63) is 28.3 Å². The predicted molar refractivity (Wildman–Crippen MR) is 125 cm³/mol. The SMILES string of the molecule is CCOC(=O)C(=CN(C)c1sc(CN2CCOCC2)cc1C(=O)OC(C)(C)C)C(=O)OCC. The molecule has 1 aromatic heterocycles. The number of anilines is 1. The maximum atomic E-state index is 13.0. The molecule has 2 heterocycles. The van der Waals surface area contributed by atoms with Gasteiger partial charge in [0, 0.05) is 37.8 Å². The second-order valence-corrected chi connectivity index (χ2v) is 9.53. The van der Waals surface area contributed by atoms with Gasteiger partial charge in [-0.2, -0.15) is 0 Å². The zero-order chi connectivity index (χ0) is 24.6. The molecule has 184 valence electrons. The van der Waals surface area contributed by atoms with Gasteiger partial charge in [-0.25, -0.2) is 14.4 Å². The summed E-state index contributed by atoms with van der Waals surface area (Å²) < 4.78 is 21.0. The van der Waals surface area contributed by atoms with Gasteiger partial charge in [-0.05, 0) is 40.7 Å². The fourth-order valence-electron chi connectivity index (χ4n) is 3.09. The van der Waals surface area contributed by atoms with Crippen LogP contribution in [0.5, 0.6) is 0 Å². The van der Waals surface area contributed by atoms with Gasteiger partial charge in [0.2, 0.25) is 0 Å². The summed E-state index contributed by atoms with van der Waals surface area (Å²) in [5, 5.41) is 0.554. The Morgan fingerprint density at radius 2 is 1.70 bits per heavy atom. The normalized spacial score (nSPS) is 14.4. The van der Waals surface area contributed by atoms with E-state index < -0.39 is 23.5 Å². The highest BCUT2D eigenvalue weighted by Gasteiger charge is 2.27. The number of hydrogen-bond donors (Lipinski definition) is 0. The van der Waals surface area contributed by atoms with Gasteiger partial charge < -0.3 is 23.8 Å². The molecule has 1 aromatic rings. The van der Waals surface area contributed by atoms with Crippen LogP contribution in [0.4, 0.5) is 5.00 Å². The molecule has 9 nitrogen and oxygen atoms in total. The summed E-state index contributed by atoms with van der Waals surface area (Å²) in [5.74, 6) is -2.05. The predicted octanol–water partition coefficient (Wildman–Crippen LogP) is 2.98. The maximum Gasteiger partial charge on any atom is 0.347 e. The van der Waals surface area contributed by atoms with Crippen LogP contribution in [0.25, 0.3) is 0 Å². The average molecular weight is 483 g/mol. The summed E-state index contributed by atoms with van der Waals surface area (Å²) in [4.78, 5) is 42.5. The summed E-state index contributed by atoms with van der Waals surface area (Å²) in [6.07, 6.45) is 1.34. The third-order valence-corrected chi connectivity index (χ3v) is 5.71. The third kappa shape index (κ3) is 8.13. The Kier molecular flexibility index (Phi) is 9.87. The number of ether oxygens (including phenoxy) is 4. The first-order valence-corrected chi connectivity index (χ1v) is 11.8. The molecule has 10 heteroatoms. The van der Waals surface area contributed by atoms with Gasteiger partial charge in [-0.1, -0.05) is 0 Å². The van der Waals surface area contributed by atoms with Crippen LogP contribution in [0.1, 0.15) is 49.9 Å². The second kappa shape index (κ2) is 12.2. The van der Waals surface area contributed by atoms with E-state index in [1.54, 1.807) is 46.6 Å². The summed E-state index contributed by atoms with van der Waals surface area (Å²) in [6.45, 7) is 12.6. The monoisotopic (exact) mass is 482 g/mol. The Morgan fingerprint density at radius 1 is 1.12 bits per heavy atom. The van der Waals surface area contributed by atoms with Gasteiger partial charge in [-0.15, -0.1) is 11.3 Å². The van der Waals surface area contributed by atoms with Gasteiger partial charge in [0.1, 0.15) is 10.6 Å². The van der Waals surface area contributed by atoms with Crippen LogP contribution in [0.15, 0.2) is 17.8 Å².